The molecule has 0 saturated heterocycles. The van der Waals surface area contributed by atoms with Crippen LogP contribution in [0.3, 0.4) is 0 Å². The number of carbonyl (C=O) groups is 1. The van der Waals surface area contributed by atoms with Gasteiger partial charge in [0, 0.05) is 17.2 Å². The number of amides is 1. The molecule has 0 aliphatic heterocycles. The lowest BCUT2D eigenvalue weighted by molar-refractivity contribution is 0.0946. The average molecular weight is 373 g/mol. The zero-order chi connectivity index (χ0) is 16.2. The van der Waals surface area contributed by atoms with Crippen LogP contribution in [0, 0.1) is 5.92 Å². The lowest BCUT2D eigenvalue weighted by atomic mass is 10.0. The minimum absolute atomic E-state index is 0.0751. The SMILES string of the molecule is CCC(CC)CNC(=O)c1c(Cl)ccc(S(=O)(=O)Cl)c1Cl. The molecule has 118 valence electrons. The molecule has 0 aliphatic carbocycles. The van der Waals surface area contributed by atoms with E-state index in [0.717, 1.165) is 12.8 Å². The molecule has 8 heteroatoms. The number of rotatable bonds is 6. The molecule has 0 spiro atoms. The monoisotopic (exact) mass is 371 g/mol. The second-order valence-electron chi connectivity index (χ2n) is 4.56. The Morgan fingerprint density at radius 1 is 1.24 bits per heavy atom. The molecule has 21 heavy (non-hydrogen) atoms. The first-order valence-corrected chi connectivity index (χ1v) is 9.49. The first-order chi connectivity index (χ1) is 9.72. The Labute approximate surface area is 139 Å². The molecule has 1 aromatic rings. The summed E-state index contributed by atoms with van der Waals surface area (Å²) in [6.45, 7) is 4.53. The van der Waals surface area contributed by atoms with Crippen LogP contribution in [0.1, 0.15) is 37.0 Å². The second kappa shape index (κ2) is 7.68. The normalized spacial score (nSPS) is 11.7. The van der Waals surface area contributed by atoms with E-state index in [2.05, 4.69) is 5.32 Å². The molecule has 0 fully saturated rings. The van der Waals surface area contributed by atoms with Crippen molar-refractivity contribution in [2.24, 2.45) is 5.92 Å². The molecule has 0 aromatic heterocycles. The van der Waals surface area contributed by atoms with Crippen molar-refractivity contribution < 1.29 is 13.2 Å². The summed E-state index contributed by atoms with van der Waals surface area (Å²) in [6.07, 6.45) is 1.85. The van der Waals surface area contributed by atoms with Gasteiger partial charge in [-0.05, 0) is 18.1 Å². The van der Waals surface area contributed by atoms with Gasteiger partial charge in [-0.3, -0.25) is 4.79 Å². The van der Waals surface area contributed by atoms with Gasteiger partial charge >= 0.3 is 0 Å². The van der Waals surface area contributed by atoms with Gasteiger partial charge < -0.3 is 5.32 Å². The fourth-order valence-electron chi connectivity index (χ4n) is 1.83. The predicted octanol–water partition coefficient (Wildman–Crippen LogP) is 4.09. The number of nitrogens with one attached hydrogen (secondary N) is 1. The summed E-state index contributed by atoms with van der Waals surface area (Å²) in [5, 5.41) is 2.53. The van der Waals surface area contributed by atoms with Crippen molar-refractivity contribution in [1.29, 1.82) is 0 Å². The topological polar surface area (TPSA) is 63.2 Å². The van der Waals surface area contributed by atoms with E-state index < -0.39 is 15.0 Å². The second-order valence-corrected chi connectivity index (χ2v) is 7.88. The lowest BCUT2D eigenvalue weighted by Crippen LogP contribution is -2.29. The maximum Gasteiger partial charge on any atom is 0.262 e. The zero-order valence-electron chi connectivity index (χ0n) is 11.6. The van der Waals surface area contributed by atoms with E-state index in [9.17, 15) is 13.2 Å². The molecule has 0 heterocycles. The zero-order valence-corrected chi connectivity index (χ0v) is 14.7. The molecule has 0 radical (unpaired) electrons. The van der Waals surface area contributed by atoms with Crippen molar-refractivity contribution in [2.45, 2.75) is 31.6 Å². The van der Waals surface area contributed by atoms with Crippen LogP contribution in [-0.2, 0) is 9.05 Å². The Kier molecular flexibility index (Phi) is 6.78. The Morgan fingerprint density at radius 3 is 2.29 bits per heavy atom. The van der Waals surface area contributed by atoms with Crippen molar-refractivity contribution in [3.05, 3.63) is 27.7 Å². The summed E-state index contributed by atoms with van der Waals surface area (Å²) in [6, 6.07) is 2.46. The molecule has 1 amide bonds. The average Bonchev–Trinajstić information content (AvgIpc) is 2.38. The highest BCUT2D eigenvalue weighted by Crippen LogP contribution is 2.32. The number of hydrogen-bond acceptors (Lipinski definition) is 3. The third kappa shape index (κ3) is 4.74. The highest BCUT2D eigenvalue weighted by molar-refractivity contribution is 8.13. The van der Waals surface area contributed by atoms with Crippen molar-refractivity contribution in [3.63, 3.8) is 0 Å². The van der Waals surface area contributed by atoms with E-state index in [1.807, 2.05) is 13.8 Å². The maximum absolute atomic E-state index is 12.2. The Hall–Kier alpha value is -0.490. The van der Waals surface area contributed by atoms with Gasteiger partial charge in [0.05, 0.1) is 15.6 Å². The molecule has 1 rings (SSSR count). The van der Waals surface area contributed by atoms with Crippen LogP contribution in [0.4, 0.5) is 0 Å². The van der Waals surface area contributed by atoms with Crippen LogP contribution in [0.2, 0.25) is 10.0 Å². The van der Waals surface area contributed by atoms with E-state index in [0.29, 0.717) is 12.5 Å². The smallest absolute Gasteiger partial charge is 0.262 e. The fraction of sp³-hybridized carbons (Fsp3) is 0.462. The molecular formula is C13H16Cl3NO3S. The van der Waals surface area contributed by atoms with Gasteiger partial charge in [-0.1, -0.05) is 49.9 Å². The first kappa shape index (κ1) is 18.6. The molecular weight excluding hydrogens is 357 g/mol. The van der Waals surface area contributed by atoms with Crippen molar-refractivity contribution in [3.8, 4) is 0 Å². The summed E-state index contributed by atoms with van der Waals surface area (Å²) < 4.78 is 22.8. The molecule has 0 atom stereocenters. The van der Waals surface area contributed by atoms with Gasteiger partial charge in [0.2, 0.25) is 0 Å². The third-order valence-electron chi connectivity index (χ3n) is 3.25. The van der Waals surface area contributed by atoms with E-state index in [1.165, 1.54) is 12.1 Å². The van der Waals surface area contributed by atoms with Gasteiger partial charge in [-0.25, -0.2) is 8.42 Å². The standard InChI is InChI=1S/C13H16Cl3NO3S/c1-3-8(4-2)7-17-13(18)11-9(14)5-6-10(12(11)15)21(16,19)20/h5-6,8H,3-4,7H2,1-2H3,(H,17,18). The van der Waals surface area contributed by atoms with Gasteiger partial charge in [-0.15, -0.1) is 0 Å². The van der Waals surface area contributed by atoms with E-state index in [1.54, 1.807) is 0 Å². The fourth-order valence-corrected chi connectivity index (χ4v) is 3.73. The van der Waals surface area contributed by atoms with Crippen LogP contribution in [0.15, 0.2) is 17.0 Å². The van der Waals surface area contributed by atoms with Gasteiger partial charge in [0.15, 0.2) is 0 Å². The van der Waals surface area contributed by atoms with Gasteiger partial charge in [0.25, 0.3) is 15.0 Å². The molecule has 0 unspecified atom stereocenters. The third-order valence-corrected chi connectivity index (χ3v) is 5.44. The number of benzene rings is 1. The molecule has 1 aromatic carbocycles. The molecule has 0 bridgehead atoms. The minimum atomic E-state index is -4.05. The number of carbonyl (C=O) groups excluding carboxylic acids is 1. The Bertz CT molecular complexity index is 628. The van der Waals surface area contributed by atoms with Crippen LogP contribution >= 0.6 is 33.9 Å². The van der Waals surface area contributed by atoms with Crippen LogP contribution in [-0.4, -0.2) is 20.9 Å². The highest BCUT2D eigenvalue weighted by atomic mass is 35.7. The van der Waals surface area contributed by atoms with Crippen molar-refractivity contribution in [1.82, 2.24) is 5.32 Å². The summed E-state index contributed by atoms with van der Waals surface area (Å²) in [7, 11) is 1.23. The number of halogens is 3. The van der Waals surface area contributed by atoms with Crippen molar-refractivity contribution >= 4 is 48.8 Å². The van der Waals surface area contributed by atoms with E-state index in [-0.39, 0.29) is 20.5 Å². The molecule has 1 N–H and O–H groups in total. The Morgan fingerprint density at radius 2 is 1.81 bits per heavy atom. The van der Waals surface area contributed by atoms with Gasteiger partial charge in [0.1, 0.15) is 4.90 Å². The summed E-state index contributed by atoms with van der Waals surface area (Å²) >= 11 is 11.9. The van der Waals surface area contributed by atoms with Crippen molar-refractivity contribution in [2.75, 3.05) is 6.54 Å². The summed E-state index contributed by atoms with van der Waals surface area (Å²) in [4.78, 5) is 11.9. The van der Waals surface area contributed by atoms with E-state index >= 15 is 0 Å². The van der Waals surface area contributed by atoms with Crippen LogP contribution in [0.25, 0.3) is 0 Å². The lowest BCUT2D eigenvalue weighted by Gasteiger charge is -2.15. The largest absolute Gasteiger partial charge is 0.352 e. The summed E-state index contributed by atoms with van der Waals surface area (Å²) in [5.41, 5.74) is -0.0778. The van der Waals surface area contributed by atoms with Crippen LogP contribution < -0.4 is 5.32 Å². The Balaban J connectivity index is 3.10. The number of hydrogen-bond donors (Lipinski definition) is 1. The van der Waals surface area contributed by atoms with Crippen LogP contribution in [0.5, 0.6) is 0 Å². The van der Waals surface area contributed by atoms with Gasteiger partial charge in [-0.2, -0.15) is 0 Å². The minimum Gasteiger partial charge on any atom is -0.352 e. The molecule has 4 nitrogen and oxygen atoms in total. The summed E-state index contributed by atoms with van der Waals surface area (Å²) in [5.74, 6) is -0.175. The first-order valence-electron chi connectivity index (χ1n) is 6.43. The molecule has 0 saturated carbocycles. The van der Waals surface area contributed by atoms with E-state index in [4.69, 9.17) is 33.9 Å². The molecule has 0 aliphatic rings. The predicted molar refractivity (Wildman–Crippen MR) is 85.9 cm³/mol. The highest BCUT2D eigenvalue weighted by Gasteiger charge is 2.23. The quantitative estimate of drug-likeness (QED) is 0.765. The maximum atomic E-state index is 12.2.